The molecule has 76 heavy (non-hydrogen) atoms. The monoisotopic (exact) mass is 979 g/mol. The highest BCUT2D eigenvalue weighted by Gasteiger charge is 2.55. The fourth-order valence-electron chi connectivity index (χ4n) is 16.7. The summed E-state index contributed by atoms with van der Waals surface area (Å²) in [5, 5.41) is 6.93. The lowest BCUT2D eigenvalue weighted by atomic mass is 9.33. The van der Waals surface area contributed by atoms with Crippen LogP contribution in [0.2, 0.25) is 0 Å². The molecule has 0 bridgehead atoms. The van der Waals surface area contributed by atoms with E-state index in [1.165, 1.54) is 190 Å². The van der Waals surface area contributed by atoms with Gasteiger partial charge < -0.3 is 9.13 Å². The summed E-state index contributed by atoms with van der Waals surface area (Å²) in [5.41, 5.74) is 30.8. The predicted octanol–water partition coefficient (Wildman–Crippen LogP) is 17.0. The van der Waals surface area contributed by atoms with Gasteiger partial charge in [0, 0.05) is 38.6 Å². The van der Waals surface area contributed by atoms with Gasteiger partial charge in [-0.3, -0.25) is 0 Å². The molecule has 0 unspecified atom stereocenters. The zero-order valence-electron chi connectivity index (χ0n) is 44.9. The third kappa shape index (κ3) is 5.59. The molecule has 9 aromatic carbocycles. The van der Waals surface area contributed by atoms with Crippen LogP contribution in [0.5, 0.6) is 0 Å². The number of rotatable bonds is 4. The van der Waals surface area contributed by atoms with Gasteiger partial charge in [-0.2, -0.15) is 0 Å². The third-order valence-corrected chi connectivity index (χ3v) is 20.6. The molecule has 2 aromatic heterocycles. The zero-order chi connectivity index (χ0) is 50.7. The quantitative estimate of drug-likeness (QED) is 0.156. The highest BCUT2D eigenvalue weighted by atomic mass is 15.1. The Labute approximate surface area is 447 Å². The molecule has 3 heteroatoms. The average Bonchev–Trinajstić information content (AvgIpc) is 4.25. The van der Waals surface area contributed by atoms with Crippen LogP contribution in [0.15, 0.2) is 164 Å². The molecule has 0 radical (unpaired) electrons. The van der Waals surface area contributed by atoms with E-state index in [9.17, 15) is 0 Å². The Balaban J connectivity index is 1.09. The van der Waals surface area contributed by atoms with Crippen LogP contribution in [0.3, 0.4) is 0 Å². The maximum absolute atomic E-state index is 2.86. The minimum atomic E-state index is -0.526. The second-order valence-corrected chi connectivity index (χ2v) is 26.1. The number of hydrogen-bond acceptors (Lipinski definition) is 0. The summed E-state index contributed by atoms with van der Waals surface area (Å²) >= 11 is 0. The normalized spacial score (nSPS) is 18.2. The summed E-state index contributed by atoms with van der Waals surface area (Å²) in [5.74, 6) is 1.05. The van der Waals surface area contributed by atoms with Crippen molar-refractivity contribution >= 4 is 66.6 Å². The fourth-order valence-corrected chi connectivity index (χ4v) is 16.7. The summed E-state index contributed by atoms with van der Waals surface area (Å²) < 4.78 is 5.62. The first kappa shape index (κ1) is 43.8. The van der Waals surface area contributed by atoms with Crippen molar-refractivity contribution in [3.63, 3.8) is 0 Å². The van der Waals surface area contributed by atoms with Crippen molar-refractivity contribution < 1.29 is 0 Å². The van der Waals surface area contributed by atoms with Gasteiger partial charge in [0.05, 0.1) is 22.1 Å². The van der Waals surface area contributed by atoms with E-state index < -0.39 is 5.41 Å². The van der Waals surface area contributed by atoms with Gasteiger partial charge in [-0.05, 0) is 195 Å². The zero-order valence-corrected chi connectivity index (χ0v) is 44.9. The summed E-state index contributed by atoms with van der Waals surface area (Å²) in [4.78, 5) is 0. The molecule has 0 atom stereocenters. The first-order chi connectivity index (χ1) is 37.0. The summed E-state index contributed by atoms with van der Waals surface area (Å²) in [6.45, 7) is 14.4. The van der Waals surface area contributed by atoms with Gasteiger partial charge in [0.1, 0.15) is 0 Å². The van der Waals surface area contributed by atoms with E-state index in [2.05, 4.69) is 214 Å². The van der Waals surface area contributed by atoms with E-state index >= 15 is 0 Å². The number of aryl methyl sites for hydroxylation is 2. The van der Waals surface area contributed by atoms with E-state index in [0.29, 0.717) is 22.7 Å². The smallest absolute Gasteiger partial charge is 0.253 e. The second kappa shape index (κ2) is 15.0. The lowest BCUT2D eigenvalue weighted by Gasteiger charge is -2.44. The molecule has 17 rings (SSSR count). The van der Waals surface area contributed by atoms with Crippen LogP contribution in [0.25, 0.3) is 88.4 Å². The van der Waals surface area contributed by atoms with Crippen molar-refractivity contribution in [1.82, 2.24) is 9.13 Å². The molecular formula is C73H63BN2. The summed E-state index contributed by atoms with van der Waals surface area (Å²) in [6.07, 6.45) is 10.0. The van der Waals surface area contributed by atoms with Crippen LogP contribution in [-0.4, -0.2) is 15.8 Å². The largest absolute Gasteiger partial charge is 0.310 e. The number of hydrogen-bond donors (Lipinski definition) is 0. The molecule has 2 nitrogen and oxygen atoms in total. The van der Waals surface area contributed by atoms with Crippen molar-refractivity contribution in [2.45, 2.75) is 110 Å². The molecule has 0 amide bonds. The first-order valence-corrected chi connectivity index (χ1v) is 28.8. The van der Waals surface area contributed by atoms with Crippen molar-refractivity contribution in [2.75, 3.05) is 0 Å². The summed E-state index contributed by atoms with van der Waals surface area (Å²) in [7, 11) is 0. The van der Waals surface area contributed by atoms with E-state index in [1.54, 1.807) is 11.1 Å². The fraction of sp³-hybridized carbons (Fsp3) is 0.260. The van der Waals surface area contributed by atoms with Gasteiger partial charge in [0.25, 0.3) is 6.71 Å². The van der Waals surface area contributed by atoms with E-state index in [-0.39, 0.29) is 6.71 Å². The molecule has 0 N–H and O–H groups in total. The SMILES string of the molecule is Cc1ccc(-c2c(-c3ccc(C)cc3)n3c4c(c5ccccc5cc24)B2c4c-3ccc3c4-n4c5c2cc(C2CCC(C)(C)CC2)cc5c2cc(C5CCC(C)(C)CC5)cc(c24)C32c3ccccc3-c3ccccc32)cc1. The molecule has 1 spiro atoms. The Hall–Kier alpha value is -7.36. The molecule has 2 saturated carbocycles. The van der Waals surface area contributed by atoms with E-state index in [4.69, 9.17) is 0 Å². The Kier molecular flexibility index (Phi) is 8.64. The molecule has 3 aliphatic carbocycles. The summed E-state index contributed by atoms with van der Waals surface area (Å²) in [6, 6.07) is 65.9. The molecular weight excluding hydrogens is 916 g/mol. The van der Waals surface area contributed by atoms with Crippen LogP contribution in [-0.2, 0) is 5.41 Å². The minimum absolute atomic E-state index is 0.00233. The maximum Gasteiger partial charge on any atom is 0.253 e. The van der Waals surface area contributed by atoms with E-state index in [0.717, 1.165) is 0 Å². The number of nitrogens with zero attached hydrogens (tertiary/aromatic N) is 2. The Morgan fingerprint density at radius 1 is 0.447 bits per heavy atom. The minimum Gasteiger partial charge on any atom is -0.310 e. The van der Waals surface area contributed by atoms with Crippen LogP contribution in [0, 0.1) is 24.7 Å². The maximum atomic E-state index is 2.86. The molecule has 0 saturated heterocycles. The van der Waals surface area contributed by atoms with Gasteiger partial charge in [0.15, 0.2) is 0 Å². The van der Waals surface area contributed by atoms with Crippen molar-refractivity contribution in [3.05, 3.63) is 208 Å². The predicted molar refractivity (Wildman–Crippen MR) is 321 cm³/mol. The highest BCUT2D eigenvalue weighted by Crippen LogP contribution is 2.63. The molecule has 3 aliphatic heterocycles. The highest BCUT2D eigenvalue weighted by molar-refractivity contribution is 7.01. The Morgan fingerprint density at radius 3 is 1.66 bits per heavy atom. The number of aromatic nitrogens is 2. The molecule has 2 fully saturated rings. The number of fused-ring (bicyclic) bond motifs is 13. The molecule has 5 heterocycles. The topological polar surface area (TPSA) is 9.86 Å². The van der Waals surface area contributed by atoms with Crippen molar-refractivity contribution in [3.8, 4) is 44.9 Å². The van der Waals surface area contributed by atoms with Crippen LogP contribution < -0.4 is 16.4 Å². The second-order valence-electron chi connectivity index (χ2n) is 26.1. The molecule has 368 valence electrons. The molecule has 6 aliphatic rings. The van der Waals surface area contributed by atoms with Crippen LogP contribution in [0.1, 0.15) is 135 Å². The van der Waals surface area contributed by atoms with Crippen LogP contribution in [0.4, 0.5) is 0 Å². The first-order valence-electron chi connectivity index (χ1n) is 28.8. The van der Waals surface area contributed by atoms with E-state index in [1.807, 2.05) is 0 Å². The van der Waals surface area contributed by atoms with Crippen molar-refractivity contribution in [2.24, 2.45) is 10.8 Å². The van der Waals surface area contributed by atoms with Crippen molar-refractivity contribution in [1.29, 1.82) is 0 Å². The van der Waals surface area contributed by atoms with Gasteiger partial charge >= 0.3 is 0 Å². The van der Waals surface area contributed by atoms with Gasteiger partial charge in [-0.15, -0.1) is 0 Å². The lowest BCUT2D eigenvalue weighted by Crippen LogP contribution is -2.60. The Bertz CT molecular complexity index is 4320. The number of benzene rings is 9. The standard InChI is InChI=1S/C73H63BN2/c1-42-19-23-46(24-20-42)63-56-37-48-13-7-8-14-51(48)64-69(56)75(66(63)47-25-21-43(2)22-26-47)62-28-27-59-70-65(62)74(64)61-41-50(45-31-35-72(5,6)36-32-45)39-55-54-38-49(44-29-33-71(3,4)34-30-44)40-60(67(54)76(70)68(55)61)73(59)57-17-11-9-15-52(57)53-16-10-12-18-58(53)73/h7-28,37-41,44-45H,29-36H2,1-6H3. The molecule has 11 aromatic rings. The van der Waals surface area contributed by atoms with Crippen LogP contribution >= 0.6 is 0 Å². The van der Waals surface area contributed by atoms with Gasteiger partial charge in [-0.25, -0.2) is 0 Å². The Morgan fingerprint density at radius 2 is 1.01 bits per heavy atom. The third-order valence-electron chi connectivity index (χ3n) is 20.6. The van der Waals surface area contributed by atoms with Gasteiger partial charge in [-0.1, -0.05) is 178 Å². The lowest BCUT2D eigenvalue weighted by molar-refractivity contribution is 0.224. The average molecular weight is 979 g/mol. The van der Waals surface area contributed by atoms with Gasteiger partial charge in [0.2, 0.25) is 0 Å².